The fourth-order valence-corrected chi connectivity index (χ4v) is 7.27. The van der Waals surface area contributed by atoms with Crippen LogP contribution in [-0.4, -0.2) is 19.9 Å². The third-order valence-corrected chi connectivity index (χ3v) is 10.0. The molecule has 0 atom stereocenters. The predicted molar refractivity (Wildman–Crippen MR) is 223 cm³/mol. The number of rotatable bonds is 4. The second kappa shape index (κ2) is 13.8. The topological polar surface area (TPSA) is 60.8 Å². The molecule has 1 aliphatic heterocycles. The van der Waals surface area contributed by atoms with Gasteiger partial charge in [-0.3, -0.25) is 0 Å². The highest BCUT2D eigenvalue weighted by Crippen LogP contribution is 2.45. The highest BCUT2D eigenvalue weighted by atomic mass is 16.5. The van der Waals surface area contributed by atoms with Crippen LogP contribution in [0.1, 0.15) is 11.1 Å². The zero-order chi connectivity index (χ0) is 36.6. The number of para-hydroxylation sites is 1. The van der Waals surface area contributed by atoms with E-state index >= 15 is 0 Å². The average Bonchev–Trinajstić information content (AvgIpc) is 3.28. The second-order valence-electron chi connectivity index (χ2n) is 13.5. The first-order valence-electron chi connectivity index (χ1n) is 18.3. The number of nitrogens with zero attached hydrogens (tertiary/aromatic N) is 4. The van der Waals surface area contributed by atoms with Gasteiger partial charge in [-0.05, 0) is 51.9 Å². The quantitative estimate of drug-likeness (QED) is 0.182. The summed E-state index contributed by atoms with van der Waals surface area (Å²) in [6, 6.07) is 58.1. The average molecular weight is 705 g/mol. The molecule has 5 nitrogen and oxygen atoms in total. The number of aromatic nitrogens is 4. The largest absolute Gasteiger partial charge is 0.455 e. The molecule has 0 amide bonds. The highest BCUT2D eigenvalue weighted by Gasteiger charge is 2.20. The van der Waals surface area contributed by atoms with Crippen LogP contribution in [-0.2, 0) is 0 Å². The molecule has 0 unspecified atom stereocenters. The van der Waals surface area contributed by atoms with Gasteiger partial charge in [-0.25, -0.2) is 19.9 Å². The maximum atomic E-state index is 7.07. The summed E-state index contributed by atoms with van der Waals surface area (Å²) in [5.74, 6) is 2.90. The Bertz CT molecular complexity index is 2890. The Hall–Kier alpha value is -7.50. The molecule has 55 heavy (non-hydrogen) atoms. The Labute approximate surface area is 319 Å². The van der Waals surface area contributed by atoms with Crippen molar-refractivity contribution in [3.8, 4) is 79.0 Å². The van der Waals surface area contributed by atoms with Crippen molar-refractivity contribution >= 4 is 22.9 Å². The van der Waals surface area contributed by atoms with Crippen LogP contribution >= 0.6 is 0 Å². The Morgan fingerprint density at radius 1 is 0.382 bits per heavy atom. The number of benzene rings is 7. The molecule has 9 aromatic rings. The summed E-state index contributed by atoms with van der Waals surface area (Å²) in [6.07, 6.45) is 8.08. The van der Waals surface area contributed by atoms with E-state index in [4.69, 9.17) is 24.7 Å². The third-order valence-electron chi connectivity index (χ3n) is 10.0. The number of hydrogen-bond donors (Lipinski definition) is 0. The van der Waals surface area contributed by atoms with Crippen LogP contribution < -0.4 is 4.74 Å². The lowest BCUT2D eigenvalue weighted by Crippen LogP contribution is -1.98. The summed E-state index contributed by atoms with van der Waals surface area (Å²) >= 11 is 0. The highest BCUT2D eigenvalue weighted by molar-refractivity contribution is 5.99. The molecule has 7 aromatic carbocycles. The molecule has 10 rings (SSSR count). The smallest absolute Gasteiger partial charge is 0.160 e. The fraction of sp³-hybridized carbons (Fsp3) is 0. The van der Waals surface area contributed by atoms with E-state index in [0.717, 1.165) is 89.3 Å². The van der Waals surface area contributed by atoms with Crippen molar-refractivity contribution < 1.29 is 4.74 Å². The van der Waals surface area contributed by atoms with Crippen LogP contribution in [0, 0.1) is 0 Å². The Morgan fingerprint density at radius 2 is 1.00 bits per heavy atom. The van der Waals surface area contributed by atoms with E-state index in [1.807, 2.05) is 85.2 Å². The van der Waals surface area contributed by atoms with Crippen molar-refractivity contribution in [3.05, 3.63) is 193 Å². The predicted octanol–water partition coefficient (Wildman–Crippen LogP) is 12.7. The van der Waals surface area contributed by atoms with Crippen LogP contribution in [0.25, 0.3) is 90.5 Å². The standard InChI is InChI=1S/C50H32N4O/c1-3-15-36(16-4-1)49-51-31-39(32-52-49)46-30-45(53-50(54-46)37-17-5-2-6-18-37)38-26-25-35-24-23-33-13-7-9-19-40(33)42-21-11-12-22-47(42)55-48-41-20-10-8-14-34(41)27-28-43(48)44(35)29-38/h1-32H/b24-23-. The zero-order valence-electron chi connectivity index (χ0n) is 29.7. The van der Waals surface area contributed by atoms with Gasteiger partial charge in [-0.15, -0.1) is 0 Å². The fourth-order valence-electron chi connectivity index (χ4n) is 7.27. The summed E-state index contributed by atoms with van der Waals surface area (Å²) in [4.78, 5) is 19.6. The summed E-state index contributed by atoms with van der Waals surface area (Å²) < 4.78 is 7.07. The molecule has 0 saturated carbocycles. The molecule has 258 valence electrons. The van der Waals surface area contributed by atoms with Crippen molar-refractivity contribution in [2.75, 3.05) is 0 Å². The Balaban J connectivity index is 1.18. The van der Waals surface area contributed by atoms with Gasteiger partial charge in [0.25, 0.3) is 0 Å². The Morgan fingerprint density at radius 3 is 1.78 bits per heavy atom. The van der Waals surface area contributed by atoms with Gasteiger partial charge in [0, 0.05) is 51.2 Å². The van der Waals surface area contributed by atoms with Crippen molar-refractivity contribution in [1.82, 2.24) is 19.9 Å². The molecule has 5 heteroatoms. The van der Waals surface area contributed by atoms with Crippen molar-refractivity contribution in [3.63, 3.8) is 0 Å². The summed E-state index contributed by atoms with van der Waals surface area (Å²) in [7, 11) is 0. The van der Waals surface area contributed by atoms with Gasteiger partial charge in [0.15, 0.2) is 11.6 Å². The molecule has 0 saturated heterocycles. The first-order valence-corrected chi connectivity index (χ1v) is 18.3. The molecule has 0 bridgehead atoms. The molecular formula is C50H32N4O. The molecule has 0 fully saturated rings. The Kier molecular flexibility index (Phi) is 8.08. The molecule has 0 radical (unpaired) electrons. The minimum Gasteiger partial charge on any atom is -0.455 e. The van der Waals surface area contributed by atoms with Gasteiger partial charge in [0.2, 0.25) is 0 Å². The van der Waals surface area contributed by atoms with E-state index in [0.29, 0.717) is 11.6 Å². The van der Waals surface area contributed by atoms with Gasteiger partial charge >= 0.3 is 0 Å². The van der Waals surface area contributed by atoms with E-state index in [1.54, 1.807) is 0 Å². The van der Waals surface area contributed by atoms with E-state index < -0.39 is 0 Å². The van der Waals surface area contributed by atoms with Gasteiger partial charge in [-0.2, -0.15) is 0 Å². The van der Waals surface area contributed by atoms with Gasteiger partial charge in [0.05, 0.1) is 11.4 Å². The maximum absolute atomic E-state index is 7.07. The lowest BCUT2D eigenvalue weighted by Gasteiger charge is -2.18. The molecule has 2 aromatic heterocycles. The summed E-state index contributed by atoms with van der Waals surface area (Å²) in [5, 5.41) is 2.15. The minimum absolute atomic E-state index is 0.625. The van der Waals surface area contributed by atoms with Crippen LogP contribution in [0.4, 0.5) is 0 Å². The van der Waals surface area contributed by atoms with Gasteiger partial charge < -0.3 is 4.74 Å². The van der Waals surface area contributed by atoms with E-state index in [-0.39, 0.29) is 0 Å². The number of hydrogen-bond acceptors (Lipinski definition) is 5. The molecular weight excluding hydrogens is 673 g/mol. The minimum atomic E-state index is 0.625. The molecule has 0 aliphatic carbocycles. The SMILES string of the molecule is C1=C\c2ccc(-c3cc(-c4cnc(-c5ccccc5)nc4)nc(-c4ccccc4)n3)cc2-c2ccc3ccccc3c2Oc2ccccc2-c2ccccc2/1. The maximum Gasteiger partial charge on any atom is 0.160 e. The van der Waals surface area contributed by atoms with Crippen molar-refractivity contribution in [2.24, 2.45) is 0 Å². The van der Waals surface area contributed by atoms with Gasteiger partial charge in [-0.1, -0.05) is 158 Å². The van der Waals surface area contributed by atoms with E-state index in [1.165, 1.54) is 0 Å². The lowest BCUT2D eigenvalue weighted by atomic mass is 9.92. The zero-order valence-corrected chi connectivity index (χ0v) is 29.7. The van der Waals surface area contributed by atoms with Crippen LogP contribution in [0.5, 0.6) is 11.5 Å². The van der Waals surface area contributed by atoms with E-state index in [2.05, 4.69) is 109 Å². The number of fused-ring (bicyclic) bond motifs is 8. The third kappa shape index (κ3) is 6.14. The van der Waals surface area contributed by atoms with Crippen LogP contribution in [0.3, 0.4) is 0 Å². The van der Waals surface area contributed by atoms with Crippen LogP contribution in [0.15, 0.2) is 182 Å². The first kappa shape index (κ1) is 32.2. The lowest BCUT2D eigenvalue weighted by molar-refractivity contribution is 0.492. The van der Waals surface area contributed by atoms with Crippen LogP contribution in [0.2, 0.25) is 0 Å². The molecule has 3 heterocycles. The molecule has 1 aliphatic rings. The second-order valence-corrected chi connectivity index (χ2v) is 13.5. The van der Waals surface area contributed by atoms with Crippen molar-refractivity contribution in [1.29, 1.82) is 0 Å². The molecule has 0 spiro atoms. The first-order chi connectivity index (χ1) is 27.2. The summed E-state index contributed by atoms with van der Waals surface area (Å²) in [5.41, 5.74) is 11.5. The van der Waals surface area contributed by atoms with E-state index in [9.17, 15) is 0 Å². The monoisotopic (exact) mass is 704 g/mol. The normalized spacial score (nSPS) is 12.3. The molecule has 0 N–H and O–H groups in total. The van der Waals surface area contributed by atoms with Gasteiger partial charge in [0.1, 0.15) is 11.5 Å². The summed E-state index contributed by atoms with van der Waals surface area (Å²) in [6.45, 7) is 0. The number of ether oxygens (including phenoxy) is 1. The van der Waals surface area contributed by atoms with Crippen molar-refractivity contribution in [2.45, 2.75) is 0 Å².